The van der Waals surface area contributed by atoms with Crippen LogP contribution in [0.25, 0.3) is 0 Å². The first-order valence-corrected chi connectivity index (χ1v) is 13.4. The Bertz CT molecular complexity index is 1190. The maximum Gasteiger partial charge on any atom is 0.254 e. The predicted octanol–water partition coefficient (Wildman–Crippen LogP) is 3.32. The summed E-state index contributed by atoms with van der Waals surface area (Å²) in [5.41, 5.74) is 2.99. The van der Waals surface area contributed by atoms with Crippen molar-refractivity contribution in [3.63, 3.8) is 0 Å². The summed E-state index contributed by atoms with van der Waals surface area (Å²) in [7, 11) is 0. The van der Waals surface area contributed by atoms with Crippen molar-refractivity contribution in [2.45, 2.75) is 58.2 Å². The van der Waals surface area contributed by atoms with Gasteiger partial charge in [-0.15, -0.1) is 0 Å². The van der Waals surface area contributed by atoms with Crippen molar-refractivity contribution in [1.82, 2.24) is 14.7 Å². The lowest BCUT2D eigenvalue weighted by Crippen LogP contribution is -2.47. The van der Waals surface area contributed by atoms with Crippen LogP contribution >= 0.6 is 0 Å². The molecule has 0 aromatic heterocycles. The Hall–Kier alpha value is -3.48. The molecule has 0 N–H and O–H groups in total. The van der Waals surface area contributed by atoms with Gasteiger partial charge >= 0.3 is 0 Å². The van der Waals surface area contributed by atoms with E-state index in [9.17, 15) is 19.2 Å². The summed E-state index contributed by atoms with van der Waals surface area (Å²) in [6.45, 7) is 5.78. The lowest BCUT2D eigenvalue weighted by molar-refractivity contribution is -0.144. The van der Waals surface area contributed by atoms with Gasteiger partial charge in [0.05, 0.1) is 12.6 Å². The maximum atomic E-state index is 13.8. The lowest BCUT2D eigenvalue weighted by Gasteiger charge is -2.32. The number of likely N-dealkylation sites (tertiary alicyclic amines) is 2. The van der Waals surface area contributed by atoms with E-state index in [0.717, 1.165) is 12.0 Å². The molecule has 0 aliphatic carbocycles. The van der Waals surface area contributed by atoms with Crippen molar-refractivity contribution in [2.24, 2.45) is 11.8 Å². The molecule has 7 nitrogen and oxygen atoms in total. The minimum atomic E-state index is -0.619. The largest absolute Gasteiger partial charge is 0.338 e. The van der Waals surface area contributed by atoms with E-state index in [0.29, 0.717) is 38.0 Å². The number of fused-ring (bicyclic) bond motifs is 2. The van der Waals surface area contributed by atoms with Gasteiger partial charge in [0.2, 0.25) is 11.8 Å². The van der Waals surface area contributed by atoms with Gasteiger partial charge in [-0.25, -0.2) is 0 Å². The fourth-order valence-corrected chi connectivity index (χ4v) is 6.21. The first-order valence-electron chi connectivity index (χ1n) is 13.4. The molecule has 0 saturated carbocycles. The first kappa shape index (κ1) is 25.2. The molecule has 2 aromatic rings. The van der Waals surface area contributed by atoms with Gasteiger partial charge in [0.25, 0.3) is 5.91 Å². The van der Waals surface area contributed by atoms with Gasteiger partial charge in [-0.1, -0.05) is 56.3 Å². The number of nitrogens with zero attached hydrogens (tertiary/aromatic N) is 3. The Morgan fingerprint density at radius 1 is 0.892 bits per heavy atom. The van der Waals surface area contributed by atoms with Gasteiger partial charge < -0.3 is 14.7 Å². The summed E-state index contributed by atoms with van der Waals surface area (Å²) >= 11 is 0. The van der Waals surface area contributed by atoms with E-state index in [4.69, 9.17) is 0 Å². The van der Waals surface area contributed by atoms with E-state index in [1.54, 1.807) is 21.9 Å². The fraction of sp³-hybridized carbons (Fsp3) is 0.467. The Morgan fingerprint density at radius 3 is 2.32 bits per heavy atom. The zero-order valence-corrected chi connectivity index (χ0v) is 21.6. The standard InChI is InChI=1S/C30H35N3O4/c1-20(2)16-24(17-27(35)31-14-12-21-8-6-7-11-23(21)18-31)30(37)32-15-13-25-28(32)26(34)19-33(25)29(36)22-9-4-3-5-10-22/h3-11,20,24-25,28H,12-19H2,1-2H3. The van der Waals surface area contributed by atoms with Gasteiger partial charge in [-0.05, 0) is 48.4 Å². The SMILES string of the molecule is CC(C)CC(CC(=O)N1CCc2ccccc2C1)C(=O)N1CCC2C1C(=O)CN2C(=O)c1ccccc1. The zero-order chi connectivity index (χ0) is 26.1. The number of rotatable bonds is 6. The molecule has 2 aromatic carbocycles. The third-order valence-corrected chi connectivity index (χ3v) is 8.00. The minimum absolute atomic E-state index is 0.0112. The molecule has 3 aliphatic rings. The molecule has 3 heterocycles. The van der Waals surface area contributed by atoms with Crippen molar-refractivity contribution in [3.05, 3.63) is 71.3 Å². The molecule has 0 spiro atoms. The highest BCUT2D eigenvalue weighted by Crippen LogP contribution is 2.33. The third kappa shape index (κ3) is 5.04. The molecule has 194 valence electrons. The maximum absolute atomic E-state index is 13.8. The predicted molar refractivity (Wildman–Crippen MR) is 140 cm³/mol. The first-order chi connectivity index (χ1) is 17.8. The van der Waals surface area contributed by atoms with E-state index < -0.39 is 12.0 Å². The molecule has 0 bridgehead atoms. The molecule has 37 heavy (non-hydrogen) atoms. The third-order valence-electron chi connectivity index (χ3n) is 8.00. The Morgan fingerprint density at radius 2 is 1.59 bits per heavy atom. The van der Waals surface area contributed by atoms with Gasteiger partial charge in [-0.2, -0.15) is 0 Å². The van der Waals surface area contributed by atoms with E-state index in [-0.39, 0.29) is 48.4 Å². The highest BCUT2D eigenvalue weighted by atomic mass is 16.2. The van der Waals surface area contributed by atoms with E-state index in [1.165, 1.54) is 5.56 Å². The number of carbonyl (C=O) groups excluding carboxylic acids is 4. The second kappa shape index (κ2) is 10.5. The van der Waals surface area contributed by atoms with Crippen LogP contribution in [0.1, 0.15) is 54.6 Å². The summed E-state index contributed by atoms with van der Waals surface area (Å²) in [5, 5.41) is 0. The van der Waals surface area contributed by atoms with Crippen molar-refractivity contribution in [2.75, 3.05) is 19.6 Å². The molecule has 5 rings (SSSR count). The molecule has 3 aliphatic heterocycles. The van der Waals surface area contributed by atoms with Crippen LogP contribution in [-0.4, -0.2) is 69.9 Å². The van der Waals surface area contributed by atoms with E-state index in [1.807, 2.05) is 35.2 Å². The smallest absolute Gasteiger partial charge is 0.254 e. The van der Waals surface area contributed by atoms with Crippen LogP contribution in [0.15, 0.2) is 54.6 Å². The quantitative estimate of drug-likeness (QED) is 0.609. The summed E-state index contributed by atoms with van der Waals surface area (Å²) in [6.07, 6.45) is 2.13. The highest BCUT2D eigenvalue weighted by Gasteiger charge is 2.52. The number of benzene rings is 2. The normalized spacial score (nSPS) is 21.7. The van der Waals surface area contributed by atoms with Crippen LogP contribution in [0.4, 0.5) is 0 Å². The van der Waals surface area contributed by atoms with Crippen LogP contribution in [0.2, 0.25) is 0 Å². The van der Waals surface area contributed by atoms with Crippen molar-refractivity contribution < 1.29 is 19.2 Å². The monoisotopic (exact) mass is 501 g/mol. The average Bonchev–Trinajstić information content (AvgIpc) is 3.48. The molecule has 3 atom stereocenters. The number of hydrogen-bond acceptors (Lipinski definition) is 4. The Balaban J connectivity index is 1.29. The van der Waals surface area contributed by atoms with E-state index in [2.05, 4.69) is 26.0 Å². The molecule has 7 heteroatoms. The van der Waals surface area contributed by atoms with Crippen LogP contribution in [0.3, 0.4) is 0 Å². The van der Waals surface area contributed by atoms with Crippen molar-refractivity contribution in [3.8, 4) is 0 Å². The number of amides is 3. The van der Waals surface area contributed by atoms with Crippen LogP contribution in [0.5, 0.6) is 0 Å². The minimum Gasteiger partial charge on any atom is -0.338 e. The molecule has 2 fully saturated rings. The number of Topliss-reactive ketones (excluding diaryl/α,β-unsaturated/α-hetero) is 1. The Kier molecular flexibility index (Phi) is 7.13. The molecule has 0 radical (unpaired) electrons. The van der Waals surface area contributed by atoms with Gasteiger partial charge in [0, 0.05) is 37.5 Å². The van der Waals surface area contributed by atoms with Crippen molar-refractivity contribution in [1.29, 1.82) is 0 Å². The zero-order valence-electron chi connectivity index (χ0n) is 21.6. The second-order valence-corrected chi connectivity index (χ2v) is 11.0. The second-order valence-electron chi connectivity index (χ2n) is 11.0. The lowest BCUT2D eigenvalue weighted by atomic mass is 9.91. The van der Waals surface area contributed by atoms with Crippen LogP contribution in [0, 0.1) is 11.8 Å². The molecule has 3 unspecified atom stereocenters. The number of ketones is 1. The van der Waals surface area contributed by atoms with Crippen LogP contribution < -0.4 is 0 Å². The summed E-state index contributed by atoms with van der Waals surface area (Å²) in [6, 6.07) is 16.2. The van der Waals surface area contributed by atoms with Gasteiger partial charge in [-0.3, -0.25) is 19.2 Å². The molecule has 3 amide bonds. The average molecular weight is 502 g/mol. The molecular weight excluding hydrogens is 466 g/mol. The summed E-state index contributed by atoms with van der Waals surface area (Å²) in [4.78, 5) is 58.5. The Labute approximate surface area is 218 Å². The topological polar surface area (TPSA) is 78.0 Å². The van der Waals surface area contributed by atoms with E-state index >= 15 is 0 Å². The number of hydrogen-bond donors (Lipinski definition) is 0. The summed E-state index contributed by atoms with van der Waals surface area (Å²) < 4.78 is 0. The molecular formula is C30H35N3O4. The van der Waals surface area contributed by atoms with Crippen molar-refractivity contribution >= 4 is 23.5 Å². The highest BCUT2D eigenvalue weighted by molar-refractivity contribution is 6.02. The summed E-state index contributed by atoms with van der Waals surface area (Å²) in [5.74, 6) is -0.651. The van der Waals surface area contributed by atoms with Gasteiger partial charge in [0.15, 0.2) is 5.78 Å². The number of carbonyl (C=O) groups is 4. The van der Waals surface area contributed by atoms with Crippen LogP contribution in [-0.2, 0) is 27.3 Å². The fourth-order valence-electron chi connectivity index (χ4n) is 6.21. The molecule has 2 saturated heterocycles. The van der Waals surface area contributed by atoms with Gasteiger partial charge in [0.1, 0.15) is 6.04 Å².